The van der Waals surface area contributed by atoms with Crippen molar-refractivity contribution in [2.45, 2.75) is 27.3 Å². The van der Waals surface area contributed by atoms with Crippen molar-refractivity contribution in [3.05, 3.63) is 35.1 Å². The van der Waals surface area contributed by atoms with Crippen LogP contribution in [0.4, 0.5) is 4.39 Å². The van der Waals surface area contributed by atoms with Gasteiger partial charge in [0.05, 0.1) is 0 Å². The summed E-state index contributed by atoms with van der Waals surface area (Å²) in [6, 6.07) is 4.99. The van der Waals surface area contributed by atoms with Crippen molar-refractivity contribution >= 4 is 5.91 Å². The highest BCUT2D eigenvalue weighted by molar-refractivity contribution is 5.77. The fourth-order valence-electron chi connectivity index (χ4n) is 1.14. The summed E-state index contributed by atoms with van der Waals surface area (Å²) in [4.78, 5) is 11.3. The van der Waals surface area contributed by atoms with Crippen molar-refractivity contribution < 1.29 is 9.18 Å². The van der Waals surface area contributed by atoms with Crippen LogP contribution in [0.25, 0.3) is 0 Å². The topological polar surface area (TPSA) is 29.1 Å². The average Bonchev–Trinajstić information content (AvgIpc) is 2.19. The summed E-state index contributed by atoms with van der Waals surface area (Å²) in [5.41, 5.74) is 1.40. The van der Waals surface area contributed by atoms with Gasteiger partial charge in [0.15, 0.2) is 0 Å². The predicted octanol–water partition coefficient (Wildman–Crippen LogP) is 2.41. The van der Waals surface area contributed by atoms with E-state index >= 15 is 0 Å². The zero-order valence-electron chi connectivity index (χ0n) is 9.30. The van der Waals surface area contributed by atoms with E-state index in [1.54, 1.807) is 13.0 Å². The number of halogens is 1. The number of amides is 1. The SMILES string of the molecule is Cc1ccc(CNC(=O)C(C)C)cc1F. The number of aryl methyl sites for hydroxylation is 1. The minimum absolute atomic E-state index is 0.0176. The summed E-state index contributed by atoms with van der Waals surface area (Å²) in [5.74, 6) is -0.289. The summed E-state index contributed by atoms with van der Waals surface area (Å²) in [7, 11) is 0. The van der Waals surface area contributed by atoms with Gasteiger partial charge in [-0.3, -0.25) is 4.79 Å². The van der Waals surface area contributed by atoms with Crippen LogP contribution in [0.3, 0.4) is 0 Å². The van der Waals surface area contributed by atoms with Gasteiger partial charge in [0.2, 0.25) is 5.91 Å². The second kappa shape index (κ2) is 4.91. The molecule has 1 N–H and O–H groups in total. The molecule has 0 saturated heterocycles. The van der Waals surface area contributed by atoms with E-state index in [-0.39, 0.29) is 17.6 Å². The minimum atomic E-state index is -0.230. The third kappa shape index (κ3) is 3.35. The highest BCUT2D eigenvalue weighted by Gasteiger charge is 2.06. The molecule has 0 radical (unpaired) electrons. The Morgan fingerprint density at radius 1 is 1.47 bits per heavy atom. The van der Waals surface area contributed by atoms with Crippen molar-refractivity contribution in [2.24, 2.45) is 5.92 Å². The van der Waals surface area contributed by atoms with Crippen LogP contribution >= 0.6 is 0 Å². The lowest BCUT2D eigenvalue weighted by Gasteiger charge is -2.08. The van der Waals surface area contributed by atoms with Crippen molar-refractivity contribution in [3.8, 4) is 0 Å². The van der Waals surface area contributed by atoms with Gasteiger partial charge in [0, 0.05) is 12.5 Å². The molecule has 0 aliphatic heterocycles. The van der Waals surface area contributed by atoms with E-state index in [0.717, 1.165) is 5.56 Å². The van der Waals surface area contributed by atoms with E-state index in [1.807, 2.05) is 19.9 Å². The van der Waals surface area contributed by atoms with Gasteiger partial charge < -0.3 is 5.32 Å². The Morgan fingerprint density at radius 3 is 2.67 bits per heavy atom. The Labute approximate surface area is 89.5 Å². The van der Waals surface area contributed by atoms with Crippen LogP contribution in [0, 0.1) is 18.7 Å². The predicted molar refractivity (Wildman–Crippen MR) is 57.8 cm³/mol. The number of benzene rings is 1. The molecule has 0 aromatic heterocycles. The second-order valence-corrected chi connectivity index (χ2v) is 3.96. The lowest BCUT2D eigenvalue weighted by atomic mass is 10.1. The van der Waals surface area contributed by atoms with E-state index in [0.29, 0.717) is 12.1 Å². The molecule has 0 atom stereocenters. The minimum Gasteiger partial charge on any atom is -0.352 e. The van der Waals surface area contributed by atoms with E-state index in [4.69, 9.17) is 0 Å². The Kier molecular flexibility index (Phi) is 3.83. The van der Waals surface area contributed by atoms with Crippen LogP contribution in [0.2, 0.25) is 0 Å². The molecule has 1 rings (SSSR count). The zero-order chi connectivity index (χ0) is 11.4. The molecule has 0 bridgehead atoms. The van der Waals surface area contributed by atoms with Gasteiger partial charge in [-0.15, -0.1) is 0 Å². The average molecular weight is 209 g/mol. The second-order valence-electron chi connectivity index (χ2n) is 3.96. The lowest BCUT2D eigenvalue weighted by Crippen LogP contribution is -2.27. The maximum Gasteiger partial charge on any atom is 0.222 e. The quantitative estimate of drug-likeness (QED) is 0.813. The number of nitrogens with one attached hydrogen (secondary N) is 1. The highest BCUT2D eigenvalue weighted by Crippen LogP contribution is 2.09. The van der Waals surface area contributed by atoms with Crippen LogP contribution < -0.4 is 5.32 Å². The Hall–Kier alpha value is -1.38. The number of rotatable bonds is 3. The highest BCUT2D eigenvalue weighted by atomic mass is 19.1. The van der Waals surface area contributed by atoms with Gasteiger partial charge in [0.1, 0.15) is 5.82 Å². The van der Waals surface area contributed by atoms with Crippen LogP contribution in [0.15, 0.2) is 18.2 Å². The standard InChI is InChI=1S/C12H16FNO/c1-8(2)12(15)14-7-10-5-4-9(3)11(13)6-10/h4-6,8H,7H2,1-3H3,(H,14,15). The first-order valence-electron chi connectivity index (χ1n) is 5.03. The third-order valence-electron chi connectivity index (χ3n) is 2.23. The molecule has 0 spiro atoms. The summed E-state index contributed by atoms with van der Waals surface area (Å²) in [6.45, 7) is 5.75. The van der Waals surface area contributed by atoms with Crippen molar-refractivity contribution in [1.29, 1.82) is 0 Å². The van der Waals surface area contributed by atoms with E-state index < -0.39 is 0 Å². The van der Waals surface area contributed by atoms with Gasteiger partial charge in [-0.25, -0.2) is 4.39 Å². The fraction of sp³-hybridized carbons (Fsp3) is 0.417. The molecule has 1 amide bonds. The largest absolute Gasteiger partial charge is 0.352 e. The monoisotopic (exact) mass is 209 g/mol. The normalized spacial score (nSPS) is 10.5. The van der Waals surface area contributed by atoms with Crippen LogP contribution in [0.1, 0.15) is 25.0 Å². The van der Waals surface area contributed by atoms with Gasteiger partial charge in [-0.05, 0) is 24.1 Å². The first kappa shape index (κ1) is 11.7. The van der Waals surface area contributed by atoms with Crippen molar-refractivity contribution in [3.63, 3.8) is 0 Å². The molecular weight excluding hydrogens is 193 g/mol. The van der Waals surface area contributed by atoms with Gasteiger partial charge >= 0.3 is 0 Å². The molecule has 15 heavy (non-hydrogen) atoms. The number of carbonyl (C=O) groups excluding carboxylic acids is 1. The molecule has 1 aromatic carbocycles. The number of hydrogen-bond donors (Lipinski definition) is 1. The molecule has 0 heterocycles. The first-order valence-corrected chi connectivity index (χ1v) is 5.03. The molecule has 3 heteroatoms. The molecule has 0 saturated carbocycles. The summed E-state index contributed by atoms with van der Waals surface area (Å²) in [6.07, 6.45) is 0. The molecule has 82 valence electrons. The van der Waals surface area contributed by atoms with Crippen molar-refractivity contribution in [1.82, 2.24) is 5.32 Å². The number of hydrogen-bond acceptors (Lipinski definition) is 1. The maximum absolute atomic E-state index is 13.1. The van der Waals surface area contributed by atoms with E-state index in [2.05, 4.69) is 5.32 Å². The molecule has 2 nitrogen and oxygen atoms in total. The summed E-state index contributed by atoms with van der Waals surface area (Å²) >= 11 is 0. The van der Waals surface area contributed by atoms with Crippen LogP contribution in [0.5, 0.6) is 0 Å². The lowest BCUT2D eigenvalue weighted by molar-refractivity contribution is -0.124. The number of carbonyl (C=O) groups is 1. The molecule has 0 unspecified atom stereocenters. The summed E-state index contributed by atoms with van der Waals surface area (Å²) in [5, 5.41) is 2.74. The molecule has 0 aliphatic carbocycles. The van der Waals surface area contributed by atoms with Gasteiger partial charge in [-0.2, -0.15) is 0 Å². The van der Waals surface area contributed by atoms with Gasteiger partial charge in [-0.1, -0.05) is 26.0 Å². The van der Waals surface area contributed by atoms with Crippen molar-refractivity contribution in [2.75, 3.05) is 0 Å². The Bertz CT molecular complexity index is 361. The van der Waals surface area contributed by atoms with E-state index in [9.17, 15) is 9.18 Å². The van der Waals surface area contributed by atoms with Crippen LogP contribution in [-0.2, 0) is 11.3 Å². The molecular formula is C12H16FNO. The van der Waals surface area contributed by atoms with Crippen LogP contribution in [-0.4, -0.2) is 5.91 Å². The summed E-state index contributed by atoms with van der Waals surface area (Å²) < 4.78 is 13.1. The zero-order valence-corrected chi connectivity index (χ0v) is 9.30. The Balaban J connectivity index is 2.58. The fourth-order valence-corrected chi connectivity index (χ4v) is 1.14. The molecule has 0 aliphatic rings. The first-order chi connectivity index (χ1) is 7.00. The van der Waals surface area contributed by atoms with Gasteiger partial charge in [0.25, 0.3) is 0 Å². The third-order valence-corrected chi connectivity index (χ3v) is 2.23. The smallest absolute Gasteiger partial charge is 0.222 e. The van der Waals surface area contributed by atoms with E-state index in [1.165, 1.54) is 6.07 Å². The molecule has 0 fully saturated rings. The molecule has 1 aromatic rings. The Morgan fingerprint density at radius 2 is 2.13 bits per heavy atom. The maximum atomic E-state index is 13.1.